The third kappa shape index (κ3) is 8.42. The van der Waals surface area contributed by atoms with Gasteiger partial charge >= 0.3 is 12.1 Å². The van der Waals surface area contributed by atoms with Gasteiger partial charge in [-0.05, 0) is 41.5 Å². The predicted molar refractivity (Wildman–Crippen MR) is 70.7 cm³/mol. The van der Waals surface area contributed by atoms with E-state index >= 15 is 0 Å². The number of carbonyl (C=O) groups is 2. The molecule has 0 aliphatic rings. The van der Waals surface area contributed by atoms with Crippen LogP contribution in [-0.2, 0) is 14.3 Å². The van der Waals surface area contributed by atoms with E-state index in [9.17, 15) is 9.59 Å². The molecule has 112 valence electrons. The van der Waals surface area contributed by atoms with E-state index in [4.69, 9.17) is 14.6 Å². The quantitative estimate of drug-likeness (QED) is 0.759. The predicted octanol–water partition coefficient (Wildman–Crippen LogP) is 1.46. The lowest BCUT2D eigenvalue weighted by molar-refractivity contribution is -0.154. The van der Waals surface area contributed by atoms with E-state index in [1.165, 1.54) is 0 Å². The standard InChI is InChI=1S/C13H25NO5/c1-12(2,3)10(16)18-8-9(7-15)14-11(17)19-13(4,5)6/h9,15H,7-8H2,1-6H3,(H,14,17)/t9-/m1/s1. The summed E-state index contributed by atoms with van der Waals surface area (Å²) < 4.78 is 10.1. The molecule has 6 heteroatoms. The Labute approximate surface area is 114 Å². The van der Waals surface area contributed by atoms with Crippen LogP contribution in [0.3, 0.4) is 0 Å². The van der Waals surface area contributed by atoms with Gasteiger partial charge in [0.15, 0.2) is 0 Å². The Morgan fingerprint density at radius 2 is 1.68 bits per heavy atom. The highest BCUT2D eigenvalue weighted by atomic mass is 16.6. The molecule has 6 nitrogen and oxygen atoms in total. The normalized spacial score (nSPS) is 13.6. The molecule has 0 unspecified atom stereocenters. The second-order valence-electron chi connectivity index (χ2n) is 6.37. The maximum atomic E-state index is 11.6. The lowest BCUT2D eigenvalue weighted by Gasteiger charge is -2.23. The van der Waals surface area contributed by atoms with Gasteiger partial charge in [-0.25, -0.2) is 4.79 Å². The summed E-state index contributed by atoms with van der Waals surface area (Å²) in [5.74, 6) is -0.392. The minimum atomic E-state index is -0.679. The first-order valence-corrected chi connectivity index (χ1v) is 6.23. The minimum absolute atomic E-state index is 0.0914. The molecule has 0 aliphatic heterocycles. The Bertz CT molecular complexity index is 314. The lowest BCUT2D eigenvalue weighted by atomic mass is 9.97. The van der Waals surface area contributed by atoms with Crippen LogP contribution >= 0.6 is 0 Å². The Hall–Kier alpha value is -1.30. The molecule has 2 N–H and O–H groups in total. The zero-order valence-electron chi connectivity index (χ0n) is 12.6. The van der Waals surface area contributed by atoms with Crippen molar-refractivity contribution < 1.29 is 24.2 Å². The third-order valence-electron chi connectivity index (χ3n) is 1.97. The summed E-state index contributed by atoms with van der Waals surface area (Å²) in [7, 11) is 0. The van der Waals surface area contributed by atoms with Crippen molar-refractivity contribution in [2.24, 2.45) is 5.41 Å². The van der Waals surface area contributed by atoms with Crippen LogP contribution in [0.4, 0.5) is 4.79 Å². The van der Waals surface area contributed by atoms with Crippen molar-refractivity contribution in [2.45, 2.75) is 53.2 Å². The maximum Gasteiger partial charge on any atom is 0.408 e. The minimum Gasteiger partial charge on any atom is -0.463 e. The van der Waals surface area contributed by atoms with E-state index in [2.05, 4.69) is 5.32 Å². The highest BCUT2D eigenvalue weighted by Gasteiger charge is 2.25. The van der Waals surface area contributed by atoms with Crippen LogP contribution in [0.25, 0.3) is 0 Å². The van der Waals surface area contributed by atoms with Crippen LogP contribution in [0.5, 0.6) is 0 Å². The molecule has 1 amide bonds. The second kappa shape index (κ2) is 6.75. The van der Waals surface area contributed by atoms with Crippen LogP contribution in [0.2, 0.25) is 0 Å². The zero-order valence-corrected chi connectivity index (χ0v) is 12.6. The number of hydrogen-bond donors (Lipinski definition) is 2. The summed E-state index contributed by atoms with van der Waals surface area (Å²) in [6.45, 7) is 9.96. The van der Waals surface area contributed by atoms with E-state index < -0.39 is 29.1 Å². The average molecular weight is 275 g/mol. The molecular weight excluding hydrogens is 250 g/mol. The molecule has 0 radical (unpaired) electrons. The van der Waals surface area contributed by atoms with Gasteiger partial charge in [0.25, 0.3) is 0 Å². The molecule has 0 aromatic rings. The number of aliphatic hydroxyl groups is 1. The molecule has 0 fully saturated rings. The molecule has 0 saturated carbocycles. The molecule has 0 aromatic carbocycles. The van der Waals surface area contributed by atoms with Gasteiger partial charge in [0, 0.05) is 0 Å². The Balaban J connectivity index is 4.23. The fourth-order valence-corrected chi connectivity index (χ4v) is 1.01. The smallest absolute Gasteiger partial charge is 0.408 e. The summed E-state index contributed by atoms with van der Waals surface area (Å²) >= 11 is 0. The monoisotopic (exact) mass is 275 g/mol. The molecule has 0 bridgehead atoms. The first-order valence-electron chi connectivity index (χ1n) is 6.23. The van der Waals surface area contributed by atoms with E-state index in [1.807, 2.05) is 0 Å². The van der Waals surface area contributed by atoms with Crippen molar-refractivity contribution in [3.05, 3.63) is 0 Å². The Morgan fingerprint density at radius 1 is 1.16 bits per heavy atom. The van der Waals surface area contributed by atoms with Gasteiger partial charge < -0.3 is 19.9 Å². The van der Waals surface area contributed by atoms with Gasteiger partial charge in [-0.3, -0.25) is 4.79 Å². The second-order valence-corrected chi connectivity index (χ2v) is 6.37. The highest BCUT2D eigenvalue weighted by molar-refractivity contribution is 5.75. The number of amides is 1. The zero-order chi connectivity index (χ0) is 15.3. The topological polar surface area (TPSA) is 84.9 Å². The molecule has 1 atom stereocenters. The number of hydrogen-bond acceptors (Lipinski definition) is 5. The number of ether oxygens (including phenoxy) is 2. The fraction of sp³-hybridized carbons (Fsp3) is 0.846. The number of carbonyl (C=O) groups excluding carboxylic acids is 2. The van der Waals surface area contributed by atoms with Crippen molar-refractivity contribution >= 4 is 12.1 Å². The third-order valence-corrected chi connectivity index (χ3v) is 1.97. The summed E-state index contributed by atoms with van der Waals surface area (Å²) in [5, 5.41) is 11.6. The molecule has 19 heavy (non-hydrogen) atoms. The first-order chi connectivity index (χ1) is 8.45. The summed E-state index contributed by atoms with van der Waals surface area (Å²) in [5.41, 5.74) is -1.24. The number of nitrogens with one attached hydrogen (secondary N) is 1. The summed E-state index contributed by atoms with van der Waals surface area (Å²) in [4.78, 5) is 23.0. The largest absolute Gasteiger partial charge is 0.463 e. The number of rotatable bonds is 4. The van der Waals surface area contributed by atoms with Crippen LogP contribution in [0.1, 0.15) is 41.5 Å². The van der Waals surface area contributed by atoms with Gasteiger partial charge in [-0.15, -0.1) is 0 Å². The van der Waals surface area contributed by atoms with Crippen molar-refractivity contribution in [3.8, 4) is 0 Å². The van der Waals surface area contributed by atoms with Gasteiger partial charge in [-0.2, -0.15) is 0 Å². The summed E-state index contributed by atoms with van der Waals surface area (Å²) in [6, 6.07) is -0.679. The fourth-order valence-electron chi connectivity index (χ4n) is 1.01. The highest BCUT2D eigenvalue weighted by Crippen LogP contribution is 2.15. The van der Waals surface area contributed by atoms with E-state index in [-0.39, 0.29) is 13.2 Å². The molecule has 0 saturated heterocycles. The van der Waals surface area contributed by atoms with Gasteiger partial charge in [0.05, 0.1) is 18.1 Å². The summed E-state index contributed by atoms with van der Waals surface area (Å²) in [6.07, 6.45) is -0.654. The Morgan fingerprint density at radius 3 is 2.05 bits per heavy atom. The van der Waals surface area contributed by atoms with E-state index in [0.717, 1.165) is 0 Å². The van der Waals surface area contributed by atoms with Crippen molar-refractivity contribution in [3.63, 3.8) is 0 Å². The van der Waals surface area contributed by atoms with Crippen molar-refractivity contribution in [1.82, 2.24) is 5.32 Å². The number of aliphatic hydroxyl groups excluding tert-OH is 1. The van der Waals surface area contributed by atoms with E-state index in [1.54, 1.807) is 41.5 Å². The van der Waals surface area contributed by atoms with Crippen LogP contribution in [-0.4, -0.2) is 42.0 Å². The molecule has 0 spiro atoms. The molecular formula is C13H25NO5. The molecule has 0 heterocycles. The van der Waals surface area contributed by atoms with Gasteiger partial charge in [-0.1, -0.05) is 0 Å². The number of alkyl carbamates (subject to hydrolysis) is 1. The van der Waals surface area contributed by atoms with Crippen LogP contribution in [0.15, 0.2) is 0 Å². The Kier molecular flexibility index (Phi) is 6.29. The van der Waals surface area contributed by atoms with Crippen LogP contribution < -0.4 is 5.32 Å². The first kappa shape index (κ1) is 17.7. The van der Waals surface area contributed by atoms with E-state index in [0.29, 0.717) is 0 Å². The van der Waals surface area contributed by atoms with Crippen molar-refractivity contribution in [2.75, 3.05) is 13.2 Å². The van der Waals surface area contributed by atoms with Gasteiger partial charge in [0.1, 0.15) is 12.2 Å². The number of esters is 1. The maximum absolute atomic E-state index is 11.6. The molecule has 0 aliphatic carbocycles. The average Bonchev–Trinajstić information content (AvgIpc) is 2.19. The lowest BCUT2D eigenvalue weighted by Crippen LogP contribution is -2.44. The van der Waals surface area contributed by atoms with Gasteiger partial charge in [0.2, 0.25) is 0 Å². The van der Waals surface area contributed by atoms with Crippen LogP contribution in [0, 0.1) is 5.41 Å². The molecule has 0 rings (SSSR count). The SMILES string of the molecule is CC(C)(C)OC(=O)N[C@H](CO)COC(=O)C(C)(C)C. The molecule has 0 aromatic heterocycles. The van der Waals surface area contributed by atoms with Crippen molar-refractivity contribution in [1.29, 1.82) is 0 Å².